The van der Waals surface area contributed by atoms with Crippen LogP contribution in [-0.2, 0) is 9.47 Å². The second-order valence-corrected chi connectivity index (χ2v) is 6.54. The highest BCUT2D eigenvalue weighted by Gasteiger charge is 2.23. The first kappa shape index (κ1) is 20.6. The number of hydrogen-bond acceptors (Lipinski definition) is 6. The van der Waals surface area contributed by atoms with Crippen molar-refractivity contribution in [3.8, 4) is 0 Å². The van der Waals surface area contributed by atoms with Gasteiger partial charge >= 0.3 is 6.09 Å². The number of nitrogens with one attached hydrogen (secondary N) is 1. The van der Waals surface area contributed by atoms with Gasteiger partial charge in [0.15, 0.2) is 0 Å². The van der Waals surface area contributed by atoms with E-state index in [0.717, 1.165) is 43.5 Å². The average molecular weight is 342 g/mol. The molecule has 7 nitrogen and oxygen atoms in total. The Balaban J connectivity index is 2.35. The lowest BCUT2D eigenvalue weighted by Crippen LogP contribution is -2.33. The molecule has 1 aliphatic rings. The van der Waals surface area contributed by atoms with Crippen LogP contribution in [0, 0.1) is 11.8 Å². The summed E-state index contributed by atoms with van der Waals surface area (Å²) in [5.74, 6) is 6.61. The predicted octanol–water partition coefficient (Wildman–Crippen LogP) is 1.94. The van der Waals surface area contributed by atoms with Gasteiger partial charge in [-0.15, -0.1) is 0 Å². The zero-order valence-corrected chi connectivity index (χ0v) is 15.3. The SMILES string of the molecule is CCCOCCNC(=O)OCC1CC/C(N)=C(/N(C)N)CCC1C. The van der Waals surface area contributed by atoms with Crippen LogP contribution in [0.5, 0.6) is 0 Å². The van der Waals surface area contributed by atoms with E-state index >= 15 is 0 Å². The summed E-state index contributed by atoms with van der Waals surface area (Å²) in [7, 11) is 1.82. The lowest BCUT2D eigenvalue weighted by molar-refractivity contribution is 0.0982. The van der Waals surface area contributed by atoms with Crippen LogP contribution in [0.3, 0.4) is 0 Å². The van der Waals surface area contributed by atoms with Crippen LogP contribution in [-0.4, -0.2) is 44.5 Å². The molecule has 1 rings (SSSR count). The second kappa shape index (κ2) is 11.1. The quantitative estimate of drug-likeness (QED) is 0.354. The Morgan fingerprint density at radius 1 is 1.33 bits per heavy atom. The maximum Gasteiger partial charge on any atom is 0.407 e. The molecular formula is C17H34N4O3. The molecular weight excluding hydrogens is 308 g/mol. The minimum atomic E-state index is -0.379. The highest BCUT2D eigenvalue weighted by Crippen LogP contribution is 2.29. The number of hydrogen-bond donors (Lipinski definition) is 3. The third-order valence-corrected chi connectivity index (χ3v) is 4.51. The summed E-state index contributed by atoms with van der Waals surface area (Å²) < 4.78 is 10.7. The molecule has 0 saturated heterocycles. The highest BCUT2D eigenvalue weighted by molar-refractivity contribution is 5.67. The molecule has 0 spiro atoms. The molecule has 2 atom stereocenters. The molecule has 24 heavy (non-hydrogen) atoms. The van der Waals surface area contributed by atoms with E-state index in [0.29, 0.717) is 38.2 Å². The van der Waals surface area contributed by atoms with E-state index in [9.17, 15) is 4.79 Å². The van der Waals surface area contributed by atoms with Gasteiger partial charge in [-0.3, -0.25) is 0 Å². The summed E-state index contributed by atoms with van der Waals surface area (Å²) in [5.41, 5.74) is 8.00. The van der Waals surface area contributed by atoms with Crippen LogP contribution in [0.1, 0.15) is 46.0 Å². The first-order valence-electron chi connectivity index (χ1n) is 8.90. The van der Waals surface area contributed by atoms with E-state index < -0.39 is 0 Å². The number of allylic oxidation sites excluding steroid dienone is 2. The van der Waals surface area contributed by atoms with E-state index in [1.165, 1.54) is 0 Å². The van der Waals surface area contributed by atoms with Crippen LogP contribution < -0.4 is 16.9 Å². The molecule has 0 aromatic heterocycles. The summed E-state index contributed by atoms with van der Waals surface area (Å²) in [6.45, 7) is 6.37. The monoisotopic (exact) mass is 342 g/mol. The first-order chi connectivity index (χ1) is 11.5. The minimum absolute atomic E-state index is 0.315. The van der Waals surface area contributed by atoms with Gasteiger partial charge in [-0.05, 0) is 43.9 Å². The molecule has 0 heterocycles. The van der Waals surface area contributed by atoms with Gasteiger partial charge in [-0.2, -0.15) is 0 Å². The fourth-order valence-electron chi connectivity index (χ4n) is 2.89. The summed E-state index contributed by atoms with van der Waals surface area (Å²) in [6.07, 6.45) is 4.12. The Kier molecular flexibility index (Phi) is 9.56. The van der Waals surface area contributed by atoms with Crippen molar-refractivity contribution in [1.29, 1.82) is 0 Å². The van der Waals surface area contributed by atoms with Crippen LogP contribution in [0.4, 0.5) is 4.79 Å². The van der Waals surface area contributed by atoms with E-state index in [-0.39, 0.29) is 6.09 Å². The molecule has 0 fully saturated rings. The normalized spacial score (nSPS) is 24.8. The van der Waals surface area contributed by atoms with Gasteiger partial charge in [0, 0.05) is 31.6 Å². The Morgan fingerprint density at radius 3 is 2.75 bits per heavy atom. The number of hydrazine groups is 1. The smallest absolute Gasteiger partial charge is 0.407 e. The number of ether oxygens (including phenoxy) is 2. The fourth-order valence-corrected chi connectivity index (χ4v) is 2.89. The molecule has 1 amide bonds. The van der Waals surface area contributed by atoms with Crippen molar-refractivity contribution in [3.63, 3.8) is 0 Å². The largest absolute Gasteiger partial charge is 0.449 e. The van der Waals surface area contributed by atoms with Gasteiger partial charge in [0.2, 0.25) is 0 Å². The number of nitrogens with zero attached hydrogens (tertiary/aromatic N) is 1. The van der Waals surface area contributed by atoms with Crippen molar-refractivity contribution < 1.29 is 14.3 Å². The molecule has 5 N–H and O–H groups in total. The van der Waals surface area contributed by atoms with Crippen LogP contribution in [0.15, 0.2) is 11.4 Å². The van der Waals surface area contributed by atoms with E-state index in [2.05, 4.69) is 12.2 Å². The summed E-state index contributed by atoms with van der Waals surface area (Å²) in [4.78, 5) is 11.7. The predicted molar refractivity (Wildman–Crippen MR) is 94.7 cm³/mol. The first-order valence-corrected chi connectivity index (χ1v) is 8.90. The lowest BCUT2D eigenvalue weighted by Gasteiger charge is -2.29. The topological polar surface area (TPSA) is 103 Å². The molecule has 0 aliphatic heterocycles. The average Bonchev–Trinajstić information content (AvgIpc) is 2.53. The molecule has 0 saturated carbocycles. The summed E-state index contributed by atoms with van der Waals surface area (Å²) in [6, 6.07) is 0. The Labute approximate surface area is 145 Å². The zero-order chi connectivity index (χ0) is 17.9. The fraction of sp³-hybridized carbons (Fsp3) is 0.824. The number of carbonyl (C=O) groups excluding carboxylic acids is 1. The van der Waals surface area contributed by atoms with Crippen molar-refractivity contribution in [1.82, 2.24) is 10.3 Å². The number of alkyl carbamates (subject to hydrolysis) is 1. The Bertz CT molecular complexity index is 413. The molecule has 140 valence electrons. The number of rotatable bonds is 8. The van der Waals surface area contributed by atoms with E-state index in [1.54, 1.807) is 5.01 Å². The third-order valence-electron chi connectivity index (χ3n) is 4.51. The highest BCUT2D eigenvalue weighted by atomic mass is 16.5. The van der Waals surface area contributed by atoms with Gasteiger partial charge in [-0.1, -0.05) is 13.8 Å². The number of amides is 1. The van der Waals surface area contributed by atoms with Gasteiger partial charge in [0.25, 0.3) is 0 Å². The van der Waals surface area contributed by atoms with Gasteiger partial charge in [0.1, 0.15) is 0 Å². The maximum absolute atomic E-state index is 11.7. The van der Waals surface area contributed by atoms with Gasteiger partial charge < -0.3 is 25.5 Å². The second-order valence-electron chi connectivity index (χ2n) is 6.54. The molecule has 0 aromatic carbocycles. The van der Waals surface area contributed by atoms with Crippen molar-refractivity contribution in [3.05, 3.63) is 11.4 Å². The summed E-state index contributed by atoms with van der Waals surface area (Å²) in [5, 5.41) is 4.33. The van der Waals surface area contributed by atoms with Crippen LogP contribution >= 0.6 is 0 Å². The van der Waals surface area contributed by atoms with Gasteiger partial charge in [-0.25, -0.2) is 10.6 Å². The Morgan fingerprint density at radius 2 is 2.08 bits per heavy atom. The van der Waals surface area contributed by atoms with Crippen molar-refractivity contribution >= 4 is 6.09 Å². The van der Waals surface area contributed by atoms with Gasteiger partial charge in [0.05, 0.1) is 13.2 Å². The van der Waals surface area contributed by atoms with Crippen LogP contribution in [0.2, 0.25) is 0 Å². The Hall–Kier alpha value is -1.47. The molecule has 0 radical (unpaired) electrons. The van der Waals surface area contributed by atoms with Crippen molar-refractivity contribution in [2.75, 3.05) is 33.4 Å². The number of carbonyl (C=O) groups is 1. The molecule has 7 heteroatoms. The van der Waals surface area contributed by atoms with Crippen LogP contribution in [0.25, 0.3) is 0 Å². The molecule has 0 bridgehead atoms. The third kappa shape index (κ3) is 7.40. The molecule has 2 unspecified atom stereocenters. The lowest BCUT2D eigenvalue weighted by atomic mass is 9.84. The number of nitrogens with two attached hydrogens (primary N) is 2. The van der Waals surface area contributed by atoms with Crippen molar-refractivity contribution in [2.45, 2.75) is 46.0 Å². The van der Waals surface area contributed by atoms with Crippen molar-refractivity contribution in [2.24, 2.45) is 23.4 Å². The minimum Gasteiger partial charge on any atom is -0.449 e. The maximum atomic E-state index is 11.7. The standard InChI is InChI=1S/C17H34N4O3/c1-4-10-23-11-9-20-17(22)24-12-14-6-7-15(18)16(21(3)19)8-5-13(14)2/h13-14H,4-12,18-19H2,1-3H3,(H,20,22)/b16-15-. The molecule has 0 aromatic rings. The zero-order valence-electron chi connectivity index (χ0n) is 15.3. The van der Waals surface area contributed by atoms with E-state index in [4.69, 9.17) is 21.1 Å². The summed E-state index contributed by atoms with van der Waals surface area (Å²) >= 11 is 0. The van der Waals surface area contributed by atoms with E-state index in [1.807, 2.05) is 14.0 Å². The molecule has 1 aliphatic carbocycles.